The highest BCUT2D eigenvalue weighted by atomic mass is 16.1. The molecule has 0 saturated carbocycles. The minimum Gasteiger partial charge on any atom is -0.383 e. The third-order valence-corrected chi connectivity index (χ3v) is 3.70. The average Bonchev–Trinajstić information content (AvgIpc) is 2.42. The highest BCUT2D eigenvalue weighted by Crippen LogP contribution is 2.21. The molecule has 0 fully saturated rings. The highest BCUT2D eigenvalue weighted by molar-refractivity contribution is 5.90. The molecule has 0 bridgehead atoms. The van der Waals surface area contributed by atoms with Gasteiger partial charge in [0, 0.05) is 24.3 Å². The minimum atomic E-state index is -0.0285. The number of anilines is 2. The van der Waals surface area contributed by atoms with Gasteiger partial charge in [0.25, 0.3) is 0 Å². The first-order chi connectivity index (χ1) is 10.0. The van der Waals surface area contributed by atoms with E-state index < -0.39 is 0 Å². The third kappa shape index (κ3) is 7.16. The Balaban J connectivity index is 2.44. The maximum absolute atomic E-state index is 11.2. The highest BCUT2D eigenvalue weighted by Gasteiger charge is 2.05. The smallest absolute Gasteiger partial charge is 0.221 e. The Kier molecular flexibility index (Phi) is 7.88. The van der Waals surface area contributed by atoms with Crippen LogP contribution < -0.4 is 10.6 Å². The Hall–Kier alpha value is -1.51. The summed E-state index contributed by atoms with van der Waals surface area (Å²) in [4.78, 5) is 11.2. The van der Waals surface area contributed by atoms with Gasteiger partial charge in [0.2, 0.25) is 5.91 Å². The molecular formula is C18H30N2O. The van der Waals surface area contributed by atoms with Gasteiger partial charge in [-0.25, -0.2) is 0 Å². The topological polar surface area (TPSA) is 41.1 Å². The van der Waals surface area contributed by atoms with Gasteiger partial charge in [0.05, 0.1) is 0 Å². The van der Waals surface area contributed by atoms with Crippen molar-refractivity contribution in [2.24, 2.45) is 0 Å². The number of amides is 1. The number of carbonyl (C=O) groups excluding carboxylic acids is 1. The molecule has 0 spiro atoms. The Morgan fingerprint density at radius 3 is 2.57 bits per heavy atom. The fraction of sp³-hybridized carbons (Fsp3) is 0.611. The molecule has 0 aromatic heterocycles. The van der Waals surface area contributed by atoms with Gasteiger partial charge in [0.1, 0.15) is 0 Å². The second kappa shape index (κ2) is 9.43. The van der Waals surface area contributed by atoms with E-state index in [0.717, 1.165) is 16.9 Å². The summed E-state index contributed by atoms with van der Waals surface area (Å²) < 4.78 is 0. The number of aryl methyl sites for hydroxylation is 1. The molecule has 0 aliphatic heterocycles. The van der Waals surface area contributed by atoms with E-state index in [1.165, 1.54) is 38.5 Å². The molecule has 3 heteroatoms. The predicted molar refractivity (Wildman–Crippen MR) is 91.9 cm³/mol. The standard InChI is InChI=1S/C18H30N2O/c1-5-6-7-8-9-10-15(3)19-17-12-11-14(2)18(13-17)20-16(4)21/h11-13,15,19H,5-10H2,1-4H3,(H,20,21). The molecule has 1 rings (SSSR count). The fourth-order valence-electron chi connectivity index (χ4n) is 2.45. The van der Waals surface area contributed by atoms with Crippen LogP contribution in [0.4, 0.5) is 11.4 Å². The van der Waals surface area contributed by atoms with Gasteiger partial charge in [-0.2, -0.15) is 0 Å². The zero-order chi connectivity index (χ0) is 15.7. The van der Waals surface area contributed by atoms with Crippen LogP contribution in [0.2, 0.25) is 0 Å². The molecule has 1 unspecified atom stereocenters. The molecule has 118 valence electrons. The predicted octanol–water partition coefficient (Wildman–Crippen LogP) is 5.11. The van der Waals surface area contributed by atoms with E-state index in [0.29, 0.717) is 6.04 Å². The lowest BCUT2D eigenvalue weighted by molar-refractivity contribution is -0.114. The maximum Gasteiger partial charge on any atom is 0.221 e. The average molecular weight is 290 g/mol. The number of rotatable bonds is 9. The van der Waals surface area contributed by atoms with Crippen LogP contribution in [-0.4, -0.2) is 11.9 Å². The summed E-state index contributed by atoms with van der Waals surface area (Å²) in [5.74, 6) is -0.0285. The van der Waals surface area contributed by atoms with Crippen LogP contribution in [0.15, 0.2) is 18.2 Å². The summed E-state index contributed by atoms with van der Waals surface area (Å²) in [6.07, 6.45) is 7.78. The van der Waals surface area contributed by atoms with Crippen molar-refractivity contribution < 1.29 is 4.79 Å². The van der Waals surface area contributed by atoms with Crippen LogP contribution in [0.1, 0.15) is 64.9 Å². The molecular weight excluding hydrogens is 260 g/mol. The molecule has 21 heavy (non-hydrogen) atoms. The number of hydrogen-bond donors (Lipinski definition) is 2. The number of unbranched alkanes of at least 4 members (excludes halogenated alkanes) is 4. The Morgan fingerprint density at radius 2 is 1.90 bits per heavy atom. The molecule has 1 atom stereocenters. The van der Waals surface area contributed by atoms with Gasteiger partial charge < -0.3 is 10.6 Å². The molecule has 0 radical (unpaired) electrons. The van der Waals surface area contributed by atoms with E-state index in [1.807, 2.05) is 19.1 Å². The lowest BCUT2D eigenvalue weighted by atomic mass is 10.1. The van der Waals surface area contributed by atoms with E-state index in [9.17, 15) is 4.79 Å². The van der Waals surface area contributed by atoms with Crippen molar-refractivity contribution in [1.82, 2.24) is 0 Å². The van der Waals surface area contributed by atoms with E-state index in [4.69, 9.17) is 0 Å². The molecule has 0 heterocycles. The van der Waals surface area contributed by atoms with Crippen molar-refractivity contribution in [3.05, 3.63) is 23.8 Å². The molecule has 3 nitrogen and oxygen atoms in total. The van der Waals surface area contributed by atoms with Gasteiger partial charge in [-0.1, -0.05) is 45.1 Å². The summed E-state index contributed by atoms with van der Waals surface area (Å²) in [6, 6.07) is 6.60. The Labute approximate surface area is 129 Å². The third-order valence-electron chi connectivity index (χ3n) is 3.70. The molecule has 0 aliphatic carbocycles. The Morgan fingerprint density at radius 1 is 1.19 bits per heavy atom. The fourth-order valence-corrected chi connectivity index (χ4v) is 2.45. The van der Waals surface area contributed by atoms with Crippen molar-refractivity contribution in [3.8, 4) is 0 Å². The first-order valence-corrected chi connectivity index (χ1v) is 8.17. The maximum atomic E-state index is 11.2. The van der Waals surface area contributed by atoms with Crippen LogP contribution in [0, 0.1) is 6.92 Å². The van der Waals surface area contributed by atoms with Crippen molar-refractivity contribution in [1.29, 1.82) is 0 Å². The lowest BCUT2D eigenvalue weighted by Gasteiger charge is -2.17. The van der Waals surface area contributed by atoms with Gasteiger partial charge in [-0.15, -0.1) is 0 Å². The van der Waals surface area contributed by atoms with E-state index in [2.05, 4.69) is 30.5 Å². The SMILES string of the molecule is CCCCCCCC(C)Nc1ccc(C)c(NC(C)=O)c1. The normalized spacial score (nSPS) is 12.0. The van der Waals surface area contributed by atoms with E-state index in [1.54, 1.807) is 6.92 Å². The van der Waals surface area contributed by atoms with Crippen molar-refractivity contribution in [2.45, 2.75) is 72.3 Å². The Bertz CT molecular complexity index is 443. The first kappa shape index (κ1) is 17.5. The second-order valence-corrected chi connectivity index (χ2v) is 5.96. The molecule has 1 aromatic carbocycles. The van der Waals surface area contributed by atoms with Crippen LogP contribution in [0.25, 0.3) is 0 Å². The lowest BCUT2D eigenvalue weighted by Crippen LogP contribution is -2.15. The quantitative estimate of drug-likeness (QED) is 0.620. The summed E-state index contributed by atoms with van der Waals surface area (Å²) in [6.45, 7) is 8.01. The molecule has 1 aromatic rings. The van der Waals surface area contributed by atoms with Gasteiger partial charge >= 0.3 is 0 Å². The largest absolute Gasteiger partial charge is 0.383 e. The summed E-state index contributed by atoms with van der Waals surface area (Å²) in [5, 5.41) is 6.40. The summed E-state index contributed by atoms with van der Waals surface area (Å²) >= 11 is 0. The minimum absolute atomic E-state index is 0.0285. The molecule has 0 aliphatic rings. The molecule has 2 N–H and O–H groups in total. The number of benzene rings is 1. The van der Waals surface area contributed by atoms with Gasteiger partial charge in [-0.05, 0) is 38.0 Å². The number of nitrogens with one attached hydrogen (secondary N) is 2. The zero-order valence-electron chi connectivity index (χ0n) is 14.0. The van der Waals surface area contributed by atoms with Crippen LogP contribution in [0.5, 0.6) is 0 Å². The summed E-state index contributed by atoms with van der Waals surface area (Å²) in [5.41, 5.74) is 3.05. The van der Waals surface area contributed by atoms with Crippen LogP contribution >= 0.6 is 0 Å². The molecule has 1 amide bonds. The van der Waals surface area contributed by atoms with Gasteiger partial charge in [-0.3, -0.25) is 4.79 Å². The summed E-state index contributed by atoms with van der Waals surface area (Å²) in [7, 11) is 0. The van der Waals surface area contributed by atoms with Gasteiger partial charge in [0.15, 0.2) is 0 Å². The van der Waals surface area contributed by atoms with Crippen LogP contribution in [0.3, 0.4) is 0 Å². The van der Waals surface area contributed by atoms with E-state index in [-0.39, 0.29) is 5.91 Å². The zero-order valence-corrected chi connectivity index (χ0v) is 14.0. The number of carbonyl (C=O) groups is 1. The van der Waals surface area contributed by atoms with E-state index >= 15 is 0 Å². The molecule has 0 saturated heterocycles. The van der Waals surface area contributed by atoms with Crippen LogP contribution in [-0.2, 0) is 4.79 Å². The number of hydrogen-bond acceptors (Lipinski definition) is 2. The second-order valence-electron chi connectivity index (χ2n) is 5.96. The monoisotopic (exact) mass is 290 g/mol. The van der Waals surface area contributed by atoms with Crippen molar-refractivity contribution >= 4 is 17.3 Å². The van der Waals surface area contributed by atoms with Crippen molar-refractivity contribution in [2.75, 3.05) is 10.6 Å². The van der Waals surface area contributed by atoms with Crippen molar-refractivity contribution in [3.63, 3.8) is 0 Å². The first-order valence-electron chi connectivity index (χ1n) is 8.17.